The van der Waals surface area contributed by atoms with Gasteiger partial charge in [-0.2, -0.15) is 13.2 Å². The number of carbonyl (C=O) groups is 1. The summed E-state index contributed by atoms with van der Waals surface area (Å²) in [5.74, 6) is -0.635. The Morgan fingerprint density at radius 1 is 1.00 bits per heavy atom. The van der Waals surface area contributed by atoms with E-state index in [4.69, 9.17) is 5.73 Å². The molecular weight excluding hydrogens is 305 g/mol. The second-order valence-corrected chi connectivity index (χ2v) is 5.02. The third-order valence-electron chi connectivity index (χ3n) is 3.47. The molecule has 0 spiro atoms. The number of nitrogens with two attached hydrogens (primary N) is 1. The Labute approximate surface area is 129 Å². The fourth-order valence-corrected chi connectivity index (χ4v) is 2.36. The lowest BCUT2D eigenvalue weighted by molar-refractivity contribution is -0.137. The van der Waals surface area contributed by atoms with Crippen LogP contribution in [0.15, 0.2) is 54.6 Å². The Morgan fingerprint density at radius 2 is 1.74 bits per heavy atom. The van der Waals surface area contributed by atoms with E-state index < -0.39 is 17.6 Å². The van der Waals surface area contributed by atoms with Crippen LogP contribution in [0.4, 0.5) is 13.2 Å². The van der Waals surface area contributed by atoms with Gasteiger partial charge in [0, 0.05) is 10.9 Å². The molecule has 0 saturated heterocycles. The minimum atomic E-state index is -4.43. The molecule has 0 bridgehead atoms. The number of hydrogen-bond acceptors (Lipinski definition) is 2. The van der Waals surface area contributed by atoms with Crippen LogP contribution < -0.4 is 5.73 Å². The van der Waals surface area contributed by atoms with Gasteiger partial charge in [0.05, 0.1) is 22.3 Å². The summed E-state index contributed by atoms with van der Waals surface area (Å²) >= 11 is 0. The molecule has 0 aliphatic rings. The smallest absolute Gasteiger partial charge is 0.366 e. The highest BCUT2D eigenvalue weighted by Crippen LogP contribution is 2.32. The van der Waals surface area contributed by atoms with Gasteiger partial charge in [0.25, 0.3) is 5.91 Å². The third-order valence-corrected chi connectivity index (χ3v) is 3.47. The Kier molecular flexibility index (Phi) is 3.52. The van der Waals surface area contributed by atoms with Crippen LogP contribution in [-0.2, 0) is 6.18 Å². The predicted molar refractivity (Wildman–Crippen MR) is 80.7 cm³/mol. The van der Waals surface area contributed by atoms with Gasteiger partial charge in [-0.1, -0.05) is 30.3 Å². The van der Waals surface area contributed by atoms with Crippen molar-refractivity contribution in [2.75, 3.05) is 0 Å². The number of hydrogen-bond donors (Lipinski definition) is 1. The highest BCUT2D eigenvalue weighted by Gasteiger charge is 2.30. The van der Waals surface area contributed by atoms with Gasteiger partial charge in [-0.3, -0.25) is 4.79 Å². The van der Waals surface area contributed by atoms with E-state index in [1.54, 1.807) is 24.3 Å². The zero-order chi connectivity index (χ0) is 16.6. The normalized spacial score (nSPS) is 11.6. The van der Waals surface area contributed by atoms with Crippen molar-refractivity contribution in [2.24, 2.45) is 5.73 Å². The molecule has 3 rings (SSSR count). The molecule has 1 amide bonds. The molecule has 6 heteroatoms. The molecular formula is C17H11F3N2O. The third kappa shape index (κ3) is 2.88. The van der Waals surface area contributed by atoms with Crippen molar-refractivity contribution < 1.29 is 18.0 Å². The van der Waals surface area contributed by atoms with E-state index in [1.807, 2.05) is 0 Å². The van der Waals surface area contributed by atoms with Crippen molar-refractivity contribution in [1.29, 1.82) is 0 Å². The number of benzene rings is 2. The quantitative estimate of drug-likeness (QED) is 0.776. The van der Waals surface area contributed by atoms with Crippen LogP contribution in [0, 0.1) is 0 Å². The topological polar surface area (TPSA) is 56.0 Å². The summed E-state index contributed by atoms with van der Waals surface area (Å²) in [4.78, 5) is 15.8. The molecule has 0 unspecified atom stereocenters. The van der Waals surface area contributed by atoms with Crippen LogP contribution in [0.25, 0.3) is 22.2 Å². The Morgan fingerprint density at radius 3 is 2.43 bits per heavy atom. The summed E-state index contributed by atoms with van der Waals surface area (Å²) in [6, 6.07) is 13.2. The molecule has 0 saturated carbocycles. The summed E-state index contributed by atoms with van der Waals surface area (Å²) in [7, 11) is 0. The molecule has 116 valence electrons. The maximum absolute atomic E-state index is 12.8. The van der Waals surface area contributed by atoms with E-state index in [0.29, 0.717) is 22.2 Å². The summed E-state index contributed by atoms with van der Waals surface area (Å²) in [5, 5.41) is 0.692. The van der Waals surface area contributed by atoms with Crippen molar-refractivity contribution in [3.63, 3.8) is 0 Å². The number of carbonyl (C=O) groups excluding carboxylic acids is 1. The van der Waals surface area contributed by atoms with Crippen molar-refractivity contribution in [1.82, 2.24) is 4.98 Å². The molecule has 2 aromatic carbocycles. The molecule has 0 aliphatic heterocycles. The van der Waals surface area contributed by atoms with Gasteiger partial charge < -0.3 is 5.73 Å². The zero-order valence-corrected chi connectivity index (χ0v) is 11.8. The fraction of sp³-hybridized carbons (Fsp3) is 0.0588. The second kappa shape index (κ2) is 5.39. The summed E-state index contributed by atoms with van der Waals surface area (Å²) < 4.78 is 38.5. The van der Waals surface area contributed by atoms with Crippen molar-refractivity contribution in [3.8, 4) is 11.3 Å². The average molecular weight is 316 g/mol. The van der Waals surface area contributed by atoms with E-state index in [9.17, 15) is 18.0 Å². The molecule has 23 heavy (non-hydrogen) atoms. The van der Waals surface area contributed by atoms with Gasteiger partial charge in [0.1, 0.15) is 0 Å². The number of rotatable bonds is 2. The number of fused-ring (bicyclic) bond motifs is 1. The molecule has 0 aliphatic carbocycles. The van der Waals surface area contributed by atoms with Crippen LogP contribution >= 0.6 is 0 Å². The van der Waals surface area contributed by atoms with E-state index in [1.165, 1.54) is 18.2 Å². The number of halogens is 3. The van der Waals surface area contributed by atoms with E-state index in [-0.39, 0.29) is 5.56 Å². The number of primary amides is 1. The molecule has 1 aromatic heterocycles. The first-order chi connectivity index (χ1) is 10.9. The Bertz CT molecular complexity index is 904. The predicted octanol–water partition coefficient (Wildman–Crippen LogP) is 4.02. The van der Waals surface area contributed by atoms with Crippen molar-refractivity contribution in [3.05, 3.63) is 65.7 Å². The van der Waals surface area contributed by atoms with E-state index in [2.05, 4.69) is 4.98 Å². The monoisotopic (exact) mass is 316 g/mol. The molecule has 3 aromatic rings. The first-order valence-electron chi connectivity index (χ1n) is 6.73. The summed E-state index contributed by atoms with van der Waals surface area (Å²) in [5.41, 5.74) is 5.84. The number of amides is 1. The average Bonchev–Trinajstić information content (AvgIpc) is 2.53. The van der Waals surface area contributed by atoms with Crippen LogP contribution in [0.2, 0.25) is 0 Å². The number of para-hydroxylation sites is 1. The van der Waals surface area contributed by atoms with Gasteiger partial charge in [-0.25, -0.2) is 4.98 Å². The molecule has 0 radical (unpaired) electrons. The van der Waals surface area contributed by atoms with E-state index in [0.717, 1.165) is 12.1 Å². The first kappa shape index (κ1) is 15.0. The van der Waals surface area contributed by atoms with Crippen molar-refractivity contribution in [2.45, 2.75) is 6.18 Å². The van der Waals surface area contributed by atoms with Gasteiger partial charge in [0.15, 0.2) is 0 Å². The molecule has 3 nitrogen and oxygen atoms in total. The molecule has 0 fully saturated rings. The lowest BCUT2D eigenvalue weighted by atomic mass is 10.0. The van der Waals surface area contributed by atoms with Crippen LogP contribution in [-0.4, -0.2) is 10.9 Å². The Balaban J connectivity index is 2.18. The zero-order valence-electron chi connectivity index (χ0n) is 11.8. The first-order valence-corrected chi connectivity index (χ1v) is 6.73. The van der Waals surface area contributed by atoms with E-state index >= 15 is 0 Å². The van der Waals surface area contributed by atoms with Gasteiger partial charge >= 0.3 is 6.18 Å². The lowest BCUT2D eigenvalue weighted by Gasteiger charge is -2.09. The maximum Gasteiger partial charge on any atom is 0.416 e. The van der Waals surface area contributed by atoms with Crippen LogP contribution in [0.1, 0.15) is 15.9 Å². The summed E-state index contributed by atoms with van der Waals surface area (Å²) in [6.07, 6.45) is -4.43. The van der Waals surface area contributed by atoms with Gasteiger partial charge in [0.2, 0.25) is 0 Å². The number of nitrogens with zero attached hydrogens (tertiary/aromatic N) is 1. The fourth-order valence-electron chi connectivity index (χ4n) is 2.36. The number of pyridine rings is 1. The molecule has 1 heterocycles. The minimum absolute atomic E-state index is 0.233. The molecule has 0 atom stereocenters. The van der Waals surface area contributed by atoms with Crippen molar-refractivity contribution >= 4 is 16.8 Å². The summed E-state index contributed by atoms with van der Waals surface area (Å²) in [6.45, 7) is 0. The van der Waals surface area contributed by atoms with Gasteiger partial charge in [-0.15, -0.1) is 0 Å². The number of alkyl halides is 3. The lowest BCUT2D eigenvalue weighted by Crippen LogP contribution is -2.12. The maximum atomic E-state index is 12.8. The standard InChI is InChI=1S/C17H11F3N2O/c18-17(19,20)12-5-1-4-11(9-12)14-8-7-10-3-2-6-13(16(21)23)15(10)22-14/h1-9H,(H2,21,23). The second-order valence-electron chi connectivity index (χ2n) is 5.02. The minimum Gasteiger partial charge on any atom is -0.366 e. The number of aromatic nitrogens is 1. The highest BCUT2D eigenvalue weighted by atomic mass is 19.4. The van der Waals surface area contributed by atoms with Gasteiger partial charge in [-0.05, 0) is 24.3 Å². The highest BCUT2D eigenvalue weighted by molar-refractivity contribution is 6.05. The van der Waals surface area contributed by atoms with Crippen LogP contribution in [0.3, 0.4) is 0 Å². The SMILES string of the molecule is NC(=O)c1cccc2ccc(-c3cccc(C(F)(F)F)c3)nc12. The largest absolute Gasteiger partial charge is 0.416 e. The Hall–Kier alpha value is -2.89. The molecule has 2 N–H and O–H groups in total. The van der Waals surface area contributed by atoms with Crippen LogP contribution in [0.5, 0.6) is 0 Å².